The van der Waals surface area contributed by atoms with Crippen molar-refractivity contribution in [3.05, 3.63) is 24.3 Å². The Morgan fingerprint density at radius 2 is 0.550 bits per heavy atom. The van der Waals surface area contributed by atoms with Gasteiger partial charge in [-0.25, -0.2) is 0 Å². The van der Waals surface area contributed by atoms with Crippen molar-refractivity contribution in [1.29, 1.82) is 0 Å². The molecule has 60 heavy (non-hydrogen) atoms. The van der Waals surface area contributed by atoms with Crippen LogP contribution >= 0.6 is 0 Å². The van der Waals surface area contributed by atoms with Crippen LogP contribution in [0.5, 0.6) is 0 Å². The molecular formula is C54H100O6. The van der Waals surface area contributed by atoms with Crippen molar-refractivity contribution >= 4 is 17.9 Å². The van der Waals surface area contributed by atoms with Crippen LogP contribution in [-0.4, -0.2) is 37.2 Å². The molecule has 352 valence electrons. The van der Waals surface area contributed by atoms with Crippen molar-refractivity contribution in [2.45, 2.75) is 290 Å². The highest BCUT2D eigenvalue weighted by molar-refractivity contribution is 5.71. The Bertz CT molecular complexity index is 973. The van der Waals surface area contributed by atoms with Crippen molar-refractivity contribution in [2.24, 2.45) is 0 Å². The highest BCUT2D eigenvalue weighted by Crippen LogP contribution is 2.15. The Hall–Kier alpha value is -2.11. The minimum Gasteiger partial charge on any atom is -0.462 e. The molecule has 0 bridgehead atoms. The molecule has 1 atom stereocenters. The minimum atomic E-state index is -0.771. The molecule has 0 amide bonds. The molecule has 0 heterocycles. The number of unbranched alkanes of at least 4 members (excludes halogenated alkanes) is 33. The first-order chi connectivity index (χ1) is 29.5. The lowest BCUT2D eigenvalue weighted by Gasteiger charge is -2.18. The number of hydrogen-bond donors (Lipinski definition) is 0. The van der Waals surface area contributed by atoms with Crippen LogP contribution in [0.4, 0.5) is 0 Å². The molecule has 6 nitrogen and oxygen atoms in total. The Balaban J connectivity index is 4.34. The molecule has 0 radical (unpaired) electrons. The van der Waals surface area contributed by atoms with Gasteiger partial charge in [-0.3, -0.25) is 14.4 Å². The van der Waals surface area contributed by atoms with Crippen LogP contribution in [-0.2, 0) is 28.6 Å². The van der Waals surface area contributed by atoms with Gasteiger partial charge in [0.1, 0.15) is 13.2 Å². The van der Waals surface area contributed by atoms with Crippen molar-refractivity contribution in [3.8, 4) is 0 Å². The standard InChI is InChI=1S/C54H100O6/c1-4-7-10-13-16-19-22-24-26-28-29-32-35-38-41-44-47-53(56)59-50-51(49-58-52(55)46-43-40-37-34-31-21-18-15-12-9-6-3)60-54(57)48-45-42-39-36-33-30-27-25-23-20-17-14-11-8-5-2/h20,23,26,28,51H,4-19,21-22,24-25,27,29-50H2,1-3H3/b23-20-,28-26-. The molecular weight excluding hydrogens is 745 g/mol. The third kappa shape index (κ3) is 46.9. The van der Waals surface area contributed by atoms with E-state index in [2.05, 4.69) is 45.1 Å². The number of esters is 3. The summed E-state index contributed by atoms with van der Waals surface area (Å²) in [7, 11) is 0. The molecule has 6 heteroatoms. The van der Waals surface area contributed by atoms with Crippen LogP contribution in [0.2, 0.25) is 0 Å². The fourth-order valence-electron chi connectivity index (χ4n) is 7.67. The summed E-state index contributed by atoms with van der Waals surface area (Å²) in [4.78, 5) is 37.9. The second kappa shape index (κ2) is 49.5. The average molecular weight is 845 g/mol. The summed E-state index contributed by atoms with van der Waals surface area (Å²) in [6, 6.07) is 0. The van der Waals surface area contributed by atoms with Gasteiger partial charge in [0.25, 0.3) is 0 Å². The van der Waals surface area contributed by atoms with Gasteiger partial charge in [0.05, 0.1) is 0 Å². The zero-order chi connectivity index (χ0) is 43.7. The Kier molecular flexibility index (Phi) is 47.8. The zero-order valence-electron chi connectivity index (χ0n) is 40.2. The van der Waals surface area contributed by atoms with E-state index >= 15 is 0 Å². The quantitative estimate of drug-likeness (QED) is 0.0263. The topological polar surface area (TPSA) is 78.9 Å². The van der Waals surface area contributed by atoms with E-state index in [0.717, 1.165) is 64.2 Å². The molecule has 1 unspecified atom stereocenters. The fourth-order valence-corrected chi connectivity index (χ4v) is 7.67. The minimum absolute atomic E-state index is 0.0720. The Morgan fingerprint density at radius 1 is 0.317 bits per heavy atom. The summed E-state index contributed by atoms with van der Waals surface area (Å²) in [6.45, 7) is 6.63. The first-order valence-corrected chi connectivity index (χ1v) is 26.3. The first-order valence-electron chi connectivity index (χ1n) is 26.3. The Morgan fingerprint density at radius 3 is 0.850 bits per heavy atom. The second-order valence-electron chi connectivity index (χ2n) is 17.8. The van der Waals surface area contributed by atoms with Gasteiger partial charge < -0.3 is 14.2 Å². The molecule has 0 aromatic heterocycles. The molecule has 0 saturated heterocycles. The molecule has 0 N–H and O–H groups in total. The molecule has 0 aliphatic heterocycles. The third-order valence-electron chi connectivity index (χ3n) is 11.7. The molecule has 0 saturated carbocycles. The summed E-state index contributed by atoms with van der Waals surface area (Å²) in [5.41, 5.74) is 0. The van der Waals surface area contributed by atoms with Gasteiger partial charge in [-0.1, -0.05) is 218 Å². The SMILES string of the molecule is CCCCCC/C=C\CCCCCCCCCC(=O)OC(COC(=O)CCCCCCC/C=C\CCCCCCCCC)COC(=O)CCCCCCCCCCCCC. The molecule has 0 spiro atoms. The molecule has 0 aromatic rings. The number of allylic oxidation sites excluding steroid dienone is 4. The van der Waals surface area contributed by atoms with Crippen LogP contribution in [0.15, 0.2) is 24.3 Å². The predicted molar refractivity (Wildman–Crippen MR) is 256 cm³/mol. The number of rotatable bonds is 48. The summed E-state index contributed by atoms with van der Waals surface area (Å²) in [6.07, 6.45) is 55.8. The fraction of sp³-hybridized carbons (Fsp3) is 0.870. The molecule has 0 aliphatic rings. The lowest BCUT2D eigenvalue weighted by atomic mass is 10.1. The van der Waals surface area contributed by atoms with Gasteiger partial charge in [-0.2, -0.15) is 0 Å². The first kappa shape index (κ1) is 57.9. The van der Waals surface area contributed by atoms with Crippen molar-refractivity contribution in [3.63, 3.8) is 0 Å². The summed E-state index contributed by atoms with van der Waals surface area (Å²) in [5.74, 6) is -0.873. The summed E-state index contributed by atoms with van der Waals surface area (Å²) >= 11 is 0. The van der Waals surface area contributed by atoms with E-state index < -0.39 is 6.10 Å². The van der Waals surface area contributed by atoms with Crippen molar-refractivity contribution < 1.29 is 28.6 Å². The number of hydrogen-bond acceptors (Lipinski definition) is 6. The largest absolute Gasteiger partial charge is 0.462 e. The van der Waals surface area contributed by atoms with Gasteiger partial charge in [0.15, 0.2) is 6.10 Å². The van der Waals surface area contributed by atoms with E-state index in [0.29, 0.717) is 19.3 Å². The van der Waals surface area contributed by atoms with Crippen molar-refractivity contribution in [1.82, 2.24) is 0 Å². The summed E-state index contributed by atoms with van der Waals surface area (Å²) in [5, 5.41) is 0. The van der Waals surface area contributed by atoms with Gasteiger partial charge in [-0.05, 0) is 70.6 Å². The third-order valence-corrected chi connectivity index (χ3v) is 11.7. The number of carbonyl (C=O) groups excluding carboxylic acids is 3. The maximum absolute atomic E-state index is 12.8. The number of ether oxygens (including phenoxy) is 3. The highest BCUT2D eigenvalue weighted by Gasteiger charge is 2.19. The smallest absolute Gasteiger partial charge is 0.306 e. The molecule has 0 fully saturated rings. The zero-order valence-corrected chi connectivity index (χ0v) is 40.2. The molecule has 0 aliphatic carbocycles. The lowest BCUT2D eigenvalue weighted by molar-refractivity contribution is -0.167. The van der Waals surface area contributed by atoms with E-state index in [9.17, 15) is 14.4 Å². The van der Waals surface area contributed by atoms with Gasteiger partial charge >= 0.3 is 17.9 Å². The lowest BCUT2D eigenvalue weighted by Crippen LogP contribution is -2.30. The monoisotopic (exact) mass is 845 g/mol. The predicted octanol–water partition coefficient (Wildman–Crippen LogP) is 17.2. The van der Waals surface area contributed by atoms with Gasteiger partial charge in [0, 0.05) is 19.3 Å². The van der Waals surface area contributed by atoms with Crippen LogP contribution < -0.4 is 0 Å². The molecule has 0 rings (SSSR count). The normalized spacial score (nSPS) is 12.1. The van der Waals surface area contributed by atoms with Gasteiger partial charge in [0.2, 0.25) is 0 Å². The van der Waals surface area contributed by atoms with E-state index in [-0.39, 0.29) is 31.1 Å². The van der Waals surface area contributed by atoms with E-state index in [1.54, 1.807) is 0 Å². The van der Waals surface area contributed by atoms with Crippen LogP contribution in [0, 0.1) is 0 Å². The second-order valence-corrected chi connectivity index (χ2v) is 17.8. The van der Waals surface area contributed by atoms with Crippen LogP contribution in [0.3, 0.4) is 0 Å². The van der Waals surface area contributed by atoms with E-state index in [4.69, 9.17) is 14.2 Å². The van der Waals surface area contributed by atoms with Crippen LogP contribution in [0.25, 0.3) is 0 Å². The van der Waals surface area contributed by atoms with E-state index in [1.807, 2.05) is 0 Å². The average Bonchev–Trinajstić information content (AvgIpc) is 3.24. The van der Waals surface area contributed by atoms with E-state index in [1.165, 1.54) is 180 Å². The Labute approximate surface area is 373 Å². The van der Waals surface area contributed by atoms with Crippen LogP contribution in [0.1, 0.15) is 284 Å². The summed E-state index contributed by atoms with van der Waals surface area (Å²) < 4.78 is 16.8. The maximum Gasteiger partial charge on any atom is 0.306 e. The van der Waals surface area contributed by atoms with Gasteiger partial charge in [-0.15, -0.1) is 0 Å². The molecule has 0 aromatic carbocycles. The maximum atomic E-state index is 12.8. The number of carbonyl (C=O) groups is 3. The highest BCUT2D eigenvalue weighted by atomic mass is 16.6. The van der Waals surface area contributed by atoms with Crippen molar-refractivity contribution in [2.75, 3.05) is 13.2 Å².